The van der Waals surface area contributed by atoms with Crippen LogP contribution < -0.4 is 0 Å². The van der Waals surface area contributed by atoms with Gasteiger partial charge in [0.25, 0.3) is 0 Å². The Hall–Kier alpha value is -2.68. The van der Waals surface area contributed by atoms with Crippen molar-refractivity contribution in [1.29, 1.82) is 0 Å². The Labute approximate surface area is 215 Å². The minimum Gasteiger partial charge on any atom is -0.444 e. The van der Waals surface area contributed by atoms with Crippen LogP contribution in [0.4, 0.5) is 22.4 Å². The van der Waals surface area contributed by atoms with E-state index in [0.29, 0.717) is 43.9 Å². The Morgan fingerprint density at radius 2 is 1.73 bits per heavy atom. The summed E-state index contributed by atoms with van der Waals surface area (Å²) in [4.78, 5) is 18.7. The maximum absolute atomic E-state index is 13.6. The van der Waals surface area contributed by atoms with Crippen molar-refractivity contribution in [2.45, 2.75) is 76.0 Å². The first-order valence-corrected chi connectivity index (χ1v) is 12.7. The van der Waals surface area contributed by atoms with Crippen molar-refractivity contribution in [3.8, 4) is 0 Å². The molecule has 1 amide bonds. The second-order valence-electron chi connectivity index (χ2n) is 11.1. The van der Waals surface area contributed by atoms with E-state index >= 15 is 0 Å². The van der Waals surface area contributed by atoms with Gasteiger partial charge in [-0.05, 0) is 76.3 Å². The fraction of sp³-hybridized carbons (Fsp3) is 0.571. The lowest BCUT2D eigenvalue weighted by Crippen LogP contribution is -2.48. The van der Waals surface area contributed by atoms with Gasteiger partial charge < -0.3 is 14.4 Å². The topological polar surface area (TPSA) is 51.7 Å². The number of alkyl halides is 3. The van der Waals surface area contributed by atoms with Gasteiger partial charge in [-0.25, -0.2) is 9.18 Å². The molecule has 1 saturated carbocycles. The number of hydrogen-bond acceptors (Lipinski definition) is 4. The average molecular weight is 523 g/mol. The van der Waals surface area contributed by atoms with E-state index in [-0.39, 0.29) is 30.9 Å². The predicted molar refractivity (Wildman–Crippen MR) is 131 cm³/mol. The highest BCUT2D eigenvalue weighted by molar-refractivity contribution is 5.68. The molecule has 0 bridgehead atoms. The molecule has 0 spiro atoms. The van der Waals surface area contributed by atoms with E-state index in [2.05, 4.69) is 4.98 Å². The minimum absolute atomic E-state index is 0.110. The zero-order chi connectivity index (χ0) is 26.8. The second-order valence-corrected chi connectivity index (χ2v) is 11.1. The summed E-state index contributed by atoms with van der Waals surface area (Å²) in [7, 11) is 0. The van der Waals surface area contributed by atoms with Gasteiger partial charge in [0.05, 0.1) is 18.8 Å². The summed E-state index contributed by atoms with van der Waals surface area (Å²) in [5.74, 6) is -0.230. The number of likely N-dealkylation sites (tertiary alicyclic amines) is 1. The first kappa shape index (κ1) is 27.4. The summed E-state index contributed by atoms with van der Waals surface area (Å²) in [5.41, 5.74) is 0.0619. The highest BCUT2D eigenvalue weighted by Gasteiger charge is 2.39. The lowest BCUT2D eigenvalue weighted by Gasteiger charge is -2.42. The van der Waals surface area contributed by atoms with Gasteiger partial charge in [-0.2, -0.15) is 13.2 Å². The van der Waals surface area contributed by atoms with Crippen LogP contribution in [-0.2, 0) is 27.5 Å². The lowest BCUT2D eigenvalue weighted by molar-refractivity contribution is -0.137. The summed E-state index contributed by atoms with van der Waals surface area (Å²) >= 11 is 0. The molecule has 1 aromatic heterocycles. The predicted octanol–water partition coefficient (Wildman–Crippen LogP) is 6.64. The Balaban J connectivity index is 1.42. The van der Waals surface area contributed by atoms with Gasteiger partial charge in [0.2, 0.25) is 0 Å². The van der Waals surface area contributed by atoms with Crippen molar-refractivity contribution in [3.63, 3.8) is 0 Å². The fourth-order valence-corrected chi connectivity index (χ4v) is 4.70. The zero-order valence-electron chi connectivity index (χ0n) is 21.5. The Morgan fingerprint density at radius 3 is 2.30 bits per heavy atom. The summed E-state index contributed by atoms with van der Waals surface area (Å²) in [6.07, 6.45) is -1.63. The quantitative estimate of drug-likeness (QED) is 0.302. The Bertz CT molecular complexity index is 1080. The number of rotatable bonds is 7. The van der Waals surface area contributed by atoms with Crippen LogP contribution in [0.15, 0.2) is 36.4 Å². The van der Waals surface area contributed by atoms with Crippen LogP contribution in [-0.4, -0.2) is 47.9 Å². The number of hydrogen-bond donors (Lipinski definition) is 0. The molecule has 0 unspecified atom stereocenters. The molecular formula is C28H34F4N2O3. The number of ether oxygens (including phenoxy) is 2. The zero-order valence-corrected chi connectivity index (χ0v) is 21.5. The first-order valence-electron chi connectivity index (χ1n) is 12.7. The largest absolute Gasteiger partial charge is 0.444 e. The highest BCUT2D eigenvalue weighted by Crippen LogP contribution is 2.41. The van der Waals surface area contributed by atoms with E-state index in [4.69, 9.17) is 9.47 Å². The monoisotopic (exact) mass is 522 g/mol. The van der Waals surface area contributed by atoms with Crippen LogP contribution in [0.25, 0.3) is 0 Å². The van der Waals surface area contributed by atoms with Crippen molar-refractivity contribution >= 4 is 6.09 Å². The Morgan fingerprint density at radius 1 is 1.08 bits per heavy atom. The molecule has 2 fully saturated rings. The SMILES string of the molecule is CC(C)(C)OC(=O)N1CCC(COCCc2cc(C(F)(F)F)cc(C3CC3)n2)(c2ccc(F)cc2)CC1. The molecule has 0 atom stereocenters. The summed E-state index contributed by atoms with van der Waals surface area (Å²) < 4.78 is 65.3. The van der Waals surface area contributed by atoms with Gasteiger partial charge in [0.1, 0.15) is 11.4 Å². The molecule has 202 valence electrons. The maximum Gasteiger partial charge on any atom is 0.416 e. The molecule has 2 heterocycles. The number of aromatic nitrogens is 1. The van der Waals surface area contributed by atoms with E-state index in [9.17, 15) is 22.4 Å². The normalized spacial score (nSPS) is 18.1. The Kier molecular flexibility index (Phi) is 7.83. The molecule has 37 heavy (non-hydrogen) atoms. The highest BCUT2D eigenvalue weighted by atomic mass is 19.4. The van der Waals surface area contributed by atoms with Crippen LogP contribution in [0.3, 0.4) is 0 Å². The molecule has 1 aliphatic carbocycles. The van der Waals surface area contributed by atoms with E-state index in [1.807, 2.05) is 20.8 Å². The number of halogens is 4. The van der Waals surface area contributed by atoms with Gasteiger partial charge in [-0.15, -0.1) is 0 Å². The van der Waals surface area contributed by atoms with Crippen LogP contribution in [0.5, 0.6) is 0 Å². The number of benzene rings is 1. The van der Waals surface area contributed by atoms with Crippen molar-refractivity contribution < 1.29 is 31.8 Å². The molecule has 1 aliphatic heterocycles. The number of pyridine rings is 1. The van der Waals surface area contributed by atoms with Crippen molar-refractivity contribution in [1.82, 2.24) is 9.88 Å². The molecule has 5 nitrogen and oxygen atoms in total. The van der Waals surface area contributed by atoms with Crippen molar-refractivity contribution in [2.75, 3.05) is 26.3 Å². The number of carbonyl (C=O) groups is 1. The van der Waals surface area contributed by atoms with E-state index < -0.39 is 22.8 Å². The standard InChI is InChI=1S/C28H34F4N2O3/c1-26(2,3)37-25(35)34-13-11-27(12-14-34,20-6-8-22(29)9-7-20)18-36-15-10-23-16-21(28(30,31)32)17-24(33-23)19-4-5-19/h6-9,16-17,19H,4-5,10-15,18H2,1-3H3. The van der Waals surface area contributed by atoms with Crippen molar-refractivity contribution in [3.05, 3.63) is 64.7 Å². The van der Waals surface area contributed by atoms with E-state index in [0.717, 1.165) is 30.5 Å². The van der Waals surface area contributed by atoms with Crippen LogP contribution in [0.1, 0.15) is 74.9 Å². The maximum atomic E-state index is 13.6. The molecule has 2 aromatic rings. The third-order valence-corrected chi connectivity index (χ3v) is 6.93. The first-order chi connectivity index (χ1) is 17.3. The van der Waals surface area contributed by atoms with E-state index in [1.165, 1.54) is 12.1 Å². The second kappa shape index (κ2) is 10.6. The average Bonchev–Trinajstić information content (AvgIpc) is 3.66. The fourth-order valence-electron chi connectivity index (χ4n) is 4.70. The van der Waals surface area contributed by atoms with Gasteiger partial charge in [-0.1, -0.05) is 12.1 Å². The van der Waals surface area contributed by atoms with E-state index in [1.54, 1.807) is 17.0 Å². The third kappa shape index (κ3) is 7.21. The third-order valence-electron chi connectivity index (χ3n) is 6.93. The number of piperidine rings is 1. The van der Waals surface area contributed by atoms with Gasteiger partial charge >= 0.3 is 12.3 Å². The number of nitrogens with zero attached hydrogens (tertiary/aromatic N) is 2. The van der Waals surface area contributed by atoms with Crippen LogP contribution >= 0.6 is 0 Å². The minimum atomic E-state index is -4.42. The smallest absolute Gasteiger partial charge is 0.416 e. The van der Waals surface area contributed by atoms with Gasteiger partial charge in [0.15, 0.2) is 0 Å². The molecule has 9 heteroatoms. The number of carbonyl (C=O) groups excluding carboxylic acids is 1. The molecule has 0 N–H and O–H groups in total. The summed E-state index contributed by atoms with van der Waals surface area (Å²) in [5, 5.41) is 0. The molecule has 2 aliphatic rings. The number of amides is 1. The molecule has 1 aromatic carbocycles. The van der Waals surface area contributed by atoms with Gasteiger partial charge in [-0.3, -0.25) is 4.98 Å². The van der Waals surface area contributed by atoms with Crippen LogP contribution in [0, 0.1) is 5.82 Å². The lowest BCUT2D eigenvalue weighted by atomic mass is 9.73. The molecular weight excluding hydrogens is 488 g/mol. The van der Waals surface area contributed by atoms with Crippen LogP contribution in [0.2, 0.25) is 0 Å². The molecule has 4 rings (SSSR count). The van der Waals surface area contributed by atoms with Crippen molar-refractivity contribution in [2.24, 2.45) is 0 Å². The molecule has 0 radical (unpaired) electrons. The summed E-state index contributed by atoms with van der Waals surface area (Å²) in [6, 6.07) is 8.54. The molecule has 1 saturated heterocycles. The van der Waals surface area contributed by atoms with Gasteiger partial charge in [0, 0.05) is 42.2 Å². The summed E-state index contributed by atoms with van der Waals surface area (Å²) in [6.45, 7) is 6.87.